The molecule has 2 fully saturated rings. The second-order valence-electron chi connectivity index (χ2n) is 7.05. The van der Waals surface area contributed by atoms with Crippen molar-refractivity contribution in [3.63, 3.8) is 0 Å². The number of imide groups is 1. The highest BCUT2D eigenvalue weighted by atomic mass is 35.5. The number of nitrogens with zero attached hydrogens (tertiary/aromatic N) is 1. The Kier molecular flexibility index (Phi) is 3.34. The van der Waals surface area contributed by atoms with E-state index in [2.05, 4.69) is 0 Å². The van der Waals surface area contributed by atoms with Gasteiger partial charge in [-0.15, -0.1) is 0 Å². The number of benzene rings is 2. The molecule has 0 unspecified atom stereocenters. The van der Waals surface area contributed by atoms with E-state index >= 15 is 0 Å². The van der Waals surface area contributed by atoms with Crippen LogP contribution >= 0.6 is 23.2 Å². The van der Waals surface area contributed by atoms with Crippen LogP contribution in [-0.2, 0) is 14.4 Å². The number of hydrogen-bond acceptors (Lipinski definition) is 3. The Balaban J connectivity index is 1.65. The number of Topliss-reactive ketones (excluding diaryl/α,β-unsaturated/α-hetero) is 1. The van der Waals surface area contributed by atoms with E-state index in [0.717, 1.165) is 11.1 Å². The molecule has 6 heteroatoms. The molecule has 0 aromatic heterocycles. The molecule has 1 saturated carbocycles. The van der Waals surface area contributed by atoms with Gasteiger partial charge in [0.1, 0.15) is 5.78 Å². The van der Waals surface area contributed by atoms with Gasteiger partial charge in [0.05, 0.1) is 33.5 Å². The van der Waals surface area contributed by atoms with Gasteiger partial charge in [0, 0.05) is 12.3 Å². The molecule has 4 aliphatic rings. The van der Waals surface area contributed by atoms with Crippen molar-refractivity contribution in [2.24, 2.45) is 11.8 Å². The van der Waals surface area contributed by atoms with Crippen molar-refractivity contribution in [1.29, 1.82) is 0 Å². The predicted molar refractivity (Wildman–Crippen MR) is 97.5 cm³/mol. The molecule has 1 saturated heterocycles. The van der Waals surface area contributed by atoms with E-state index in [1.807, 2.05) is 24.3 Å². The minimum atomic E-state index is -0.627. The number of carbonyl (C=O) groups is 3. The van der Waals surface area contributed by atoms with Gasteiger partial charge >= 0.3 is 0 Å². The Morgan fingerprint density at radius 3 is 2.27 bits per heavy atom. The molecule has 1 aliphatic heterocycles. The van der Waals surface area contributed by atoms with Crippen molar-refractivity contribution < 1.29 is 14.4 Å². The van der Waals surface area contributed by atoms with E-state index in [1.165, 1.54) is 11.0 Å². The normalized spacial score (nSPS) is 29.2. The third-order valence-electron chi connectivity index (χ3n) is 5.85. The minimum Gasteiger partial charge on any atom is -0.299 e. The second-order valence-corrected chi connectivity index (χ2v) is 7.86. The molecule has 0 N–H and O–H groups in total. The summed E-state index contributed by atoms with van der Waals surface area (Å²) in [4.78, 5) is 40.2. The molecule has 3 aliphatic carbocycles. The summed E-state index contributed by atoms with van der Waals surface area (Å²) >= 11 is 12.0. The monoisotopic (exact) mass is 385 g/mol. The maximum Gasteiger partial charge on any atom is 0.238 e. The highest BCUT2D eigenvalue weighted by molar-refractivity contribution is 6.42. The lowest BCUT2D eigenvalue weighted by molar-refractivity contribution is -0.134. The number of rotatable bonds is 1. The van der Waals surface area contributed by atoms with Crippen LogP contribution in [0.25, 0.3) is 0 Å². The van der Waals surface area contributed by atoms with Crippen LogP contribution in [0, 0.1) is 11.8 Å². The first-order valence-corrected chi connectivity index (χ1v) is 9.19. The Morgan fingerprint density at radius 2 is 1.54 bits per heavy atom. The highest BCUT2D eigenvalue weighted by Crippen LogP contribution is 2.57. The van der Waals surface area contributed by atoms with Crippen molar-refractivity contribution in [2.45, 2.75) is 18.3 Å². The van der Waals surface area contributed by atoms with Crippen LogP contribution in [0.15, 0.2) is 42.5 Å². The quantitative estimate of drug-likeness (QED) is 0.698. The molecule has 2 bridgehead atoms. The van der Waals surface area contributed by atoms with Crippen molar-refractivity contribution in [3.05, 3.63) is 63.6 Å². The van der Waals surface area contributed by atoms with Gasteiger partial charge in [0.15, 0.2) is 0 Å². The first kappa shape index (κ1) is 16.0. The topological polar surface area (TPSA) is 54.5 Å². The molecule has 2 aromatic carbocycles. The minimum absolute atomic E-state index is 0.0482. The number of halogens is 2. The van der Waals surface area contributed by atoms with Crippen LogP contribution < -0.4 is 4.90 Å². The fourth-order valence-electron chi connectivity index (χ4n) is 4.84. The molecule has 0 radical (unpaired) electrons. The zero-order valence-corrected chi connectivity index (χ0v) is 15.0. The molecule has 0 spiro atoms. The summed E-state index contributed by atoms with van der Waals surface area (Å²) in [6.45, 7) is 0. The van der Waals surface area contributed by atoms with Gasteiger partial charge in [-0.1, -0.05) is 47.5 Å². The fourth-order valence-corrected chi connectivity index (χ4v) is 5.13. The average Bonchev–Trinajstić information content (AvgIpc) is 2.90. The molecular weight excluding hydrogens is 373 g/mol. The van der Waals surface area contributed by atoms with Crippen molar-refractivity contribution in [1.82, 2.24) is 0 Å². The number of amides is 2. The first-order chi connectivity index (χ1) is 12.5. The van der Waals surface area contributed by atoms with Gasteiger partial charge in [-0.05, 0) is 29.3 Å². The van der Waals surface area contributed by atoms with Crippen LogP contribution in [0.5, 0.6) is 0 Å². The number of hydrogen-bond donors (Lipinski definition) is 0. The van der Waals surface area contributed by atoms with Gasteiger partial charge in [0.2, 0.25) is 11.8 Å². The second kappa shape index (κ2) is 5.41. The summed E-state index contributed by atoms with van der Waals surface area (Å²) in [5, 5.41) is 0.636. The van der Waals surface area contributed by atoms with Crippen LogP contribution in [0.2, 0.25) is 10.0 Å². The molecule has 4 atom stereocenters. The summed E-state index contributed by atoms with van der Waals surface area (Å²) in [6.07, 6.45) is 0.317. The number of anilines is 1. The standard InChI is InChI=1S/C20H13Cl2NO3/c21-13-6-5-9(7-14(13)22)23-19(25)17-12-8-15(24)16(18(17)20(23)26)11-4-2-1-3-10(11)12/h1-7,12,16-18H,8H2/t12-,16+,17-,18-/m0/s1. The van der Waals surface area contributed by atoms with E-state index in [4.69, 9.17) is 23.2 Å². The lowest BCUT2D eigenvalue weighted by Crippen LogP contribution is -2.44. The lowest BCUT2D eigenvalue weighted by Gasteiger charge is -2.43. The van der Waals surface area contributed by atoms with Crippen LogP contribution in [0.3, 0.4) is 0 Å². The molecule has 26 heavy (non-hydrogen) atoms. The number of fused-ring (bicyclic) bond motifs is 1. The van der Waals surface area contributed by atoms with E-state index in [9.17, 15) is 14.4 Å². The van der Waals surface area contributed by atoms with Crippen molar-refractivity contribution in [2.75, 3.05) is 4.90 Å². The molecule has 1 heterocycles. The molecule has 6 rings (SSSR count). The maximum absolute atomic E-state index is 13.2. The molecule has 2 aromatic rings. The van der Waals surface area contributed by atoms with E-state index in [0.29, 0.717) is 17.1 Å². The number of ketones is 1. The molecule has 130 valence electrons. The predicted octanol–water partition coefficient (Wildman–Crippen LogP) is 3.95. The third kappa shape index (κ3) is 1.94. The summed E-state index contributed by atoms with van der Waals surface area (Å²) in [5.41, 5.74) is 2.32. The van der Waals surface area contributed by atoms with Crippen molar-refractivity contribution in [3.8, 4) is 0 Å². The molecule has 2 amide bonds. The largest absolute Gasteiger partial charge is 0.299 e. The summed E-state index contributed by atoms with van der Waals surface area (Å²) < 4.78 is 0. The Bertz CT molecular complexity index is 1000. The van der Waals surface area contributed by atoms with E-state index in [-0.39, 0.29) is 28.5 Å². The van der Waals surface area contributed by atoms with Gasteiger partial charge in [0.25, 0.3) is 0 Å². The summed E-state index contributed by atoms with van der Waals surface area (Å²) in [7, 11) is 0. The lowest BCUT2D eigenvalue weighted by atomic mass is 9.56. The zero-order chi connectivity index (χ0) is 18.2. The van der Waals surface area contributed by atoms with Crippen LogP contribution in [-0.4, -0.2) is 17.6 Å². The SMILES string of the molecule is O=C1C[C@H]2c3ccccc3[C@H]1[C@@H]1C(=O)N(c3ccc(Cl)c(Cl)c3)C(=O)[C@H]12. The Labute approximate surface area is 159 Å². The zero-order valence-electron chi connectivity index (χ0n) is 13.5. The van der Waals surface area contributed by atoms with Crippen molar-refractivity contribution >= 4 is 46.5 Å². The number of carbonyl (C=O) groups excluding carboxylic acids is 3. The van der Waals surface area contributed by atoms with Gasteiger partial charge in [-0.2, -0.15) is 0 Å². The Hall–Kier alpha value is -2.17. The smallest absolute Gasteiger partial charge is 0.238 e. The summed E-state index contributed by atoms with van der Waals surface area (Å²) in [6, 6.07) is 12.4. The van der Waals surface area contributed by atoms with Gasteiger partial charge in [-0.3, -0.25) is 14.4 Å². The molecular formula is C20H13Cl2NO3. The first-order valence-electron chi connectivity index (χ1n) is 8.43. The molecule has 4 nitrogen and oxygen atoms in total. The third-order valence-corrected chi connectivity index (χ3v) is 6.59. The van der Waals surface area contributed by atoms with E-state index in [1.54, 1.807) is 12.1 Å². The Morgan fingerprint density at radius 1 is 0.846 bits per heavy atom. The van der Waals surface area contributed by atoms with Gasteiger partial charge in [-0.25, -0.2) is 4.90 Å². The maximum atomic E-state index is 13.2. The summed E-state index contributed by atoms with van der Waals surface area (Å²) in [5.74, 6) is -2.42. The fraction of sp³-hybridized carbons (Fsp3) is 0.250. The van der Waals surface area contributed by atoms with Gasteiger partial charge < -0.3 is 0 Å². The van der Waals surface area contributed by atoms with Crippen LogP contribution in [0.4, 0.5) is 5.69 Å². The van der Waals surface area contributed by atoms with Crippen LogP contribution in [0.1, 0.15) is 29.4 Å². The van der Waals surface area contributed by atoms with E-state index < -0.39 is 17.8 Å². The highest BCUT2D eigenvalue weighted by Gasteiger charge is 2.62. The average molecular weight is 386 g/mol.